The van der Waals surface area contributed by atoms with Crippen molar-refractivity contribution in [2.45, 2.75) is 50.4 Å². The number of rotatable bonds is 8. The summed E-state index contributed by atoms with van der Waals surface area (Å²) in [6, 6.07) is 12.5. The van der Waals surface area contributed by atoms with Crippen LogP contribution in [-0.4, -0.2) is 29.6 Å². The second-order valence-corrected chi connectivity index (χ2v) is 10.1. The van der Waals surface area contributed by atoms with E-state index >= 15 is 0 Å². The van der Waals surface area contributed by atoms with Crippen LogP contribution in [0.1, 0.15) is 48.6 Å². The van der Waals surface area contributed by atoms with Crippen LogP contribution in [-0.2, 0) is 27.7 Å². The van der Waals surface area contributed by atoms with Crippen molar-refractivity contribution in [3.63, 3.8) is 0 Å². The smallest absolute Gasteiger partial charge is 0.416 e. The minimum atomic E-state index is -4.85. The van der Waals surface area contributed by atoms with Crippen molar-refractivity contribution in [3.05, 3.63) is 100 Å². The normalized spacial score (nSPS) is 18.6. The fourth-order valence-corrected chi connectivity index (χ4v) is 5.23. The lowest BCUT2D eigenvalue weighted by atomic mass is 9.79. The van der Waals surface area contributed by atoms with Crippen LogP contribution in [0.3, 0.4) is 0 Å². The van der Waals surface area contributed by atoms with Crippen LogP contribution in [0.25, 0.3) is 0 Å². The predicted octanol–water partition coefficient (Wildman–Crippen LogP) is 6.41. The van der Waals surface area contributed by atoms with Gasteiger partial charge in [-0.15, -0.1) is 0 Å². The number of pyridine rings is 1. The second kappa shape index (κ2) is 12.2. The predicted molar refractivity (Wildman–Crippen MR) is 141 cm³/mol. The Balaban J connectivity index is 1.82. The minimum Gasteiger partial charge on any atom is -0.466 e. The molecule has 6 nitrogen and oxygen atoms in total. The number of urea groups is 1. The van der Waals surface area contributed by atoms with Gasteiger partial charge < -0.3 is 15.4 Å². The van der Waals surface area contributed by atoms with Gasteiger partial charge in [0.15, 0.2) is 0 Å². The Bertz CT molecular complexity index is 1340. The van der Waals surface area contributed by atoms with Crippen molar-refractivity contribution in [3.8, 4) is 0 Å². The molecule has 0 radical (unpaired) electrons. The molecule has 1 heterocycles. The highest BCUT2D eigenvalue weighted by Gasteiger charge is 2.42. The fourth-order valence-electron chi connectivity index (χ4n) is 5.11. The van der Waals surface area contributed by atoms with E-state index in [0.29, 0.717) is 30.9 Å². The first kappa shape index (κ1) is 29.3. The van der Waals surface area contributed by atoms with Crippen molar-refractivity contribution in [2.24, 2.45) is 5.92 Å². The van der Waals surface area contributed by atoms with E-state index in [-0.39, 0.29) is 29.3 Å². The minimum absolute atomic E-state index is 0.0669. The summed E-state index contributed by atoms with van der Waals surface area (Å²) in [5.74, 6) is -2.12. The summed E-state index contributed by atoms with van der Waals surface area (Å²) in [6.45, 7) is 1.88. The van der Waals surface area contributed by atoms with Gasteiger partial charge in [0.25, 0.3) is 0 Å². The first-order valence-electron chi connectivity index (χ1n) is 12.8. The zero-order chi connectivity index (χ0) is 28.9. The number of hydrogen-bond donors (Lipinski definition) is 2. The van der Waals surface area contributed by atoms with Crippen molar-refractivity contribution in [2.75, 3.05) is 6.61 Å². The number of halogens is 5. The van der Waals surface area contributed by atoms with Gasteiger partial charge in [-0.3, -0.25) is 9.78 Å². The maximum Gasteiger partial charge on any atom is 0.416 e. The van der Waals surface area contributed by atoms with Gasteiger partial charge in [-0.1, -0.05) is 48.4 Å². The van der Waals surface area contributed by atoms with Gasteiger partial charge in [0.2, 0.25) is 0 Å². The van der Waals surface area contributed by atoms with Gasteiger partial charge in [0.05, 0.1) is 28.8 Å². The summed E-state index contributed by atoms with van der Waals surface area (Å²) in [5.41, 5.74) is -2.35. The zero-order valence-corrected chi connectivity index (χ0v) is 22.4. The van der Waals surface area contributed by atoms with Crippen LogP contribution in [0.15, 0.2) is 66.9 Å². The second-order valence-electron chi connectivity index (χ2n) is 9.65. The van der Waals surface area contributed by atoms with Crippen LogP contribution in [0.4, 0.5) is 22.4 Å². The molecule has 212 valence electrons. The number of nitrogens with one attached hydrogen (secondary N) is 2. The molecule has 3 aromatic rings. The molecule has 4 rings (SSSR count). The molecule has 1 aromatic heterocycles. The average Bonchev–Trinajstić information content (AvgIpc) is 3.36. The Labute approximate surface area is 234 Å². The first-order chi connectivity index (χ1) is 19.0. The van der Waals surface area contributed by atoms with E-state index in [2.05, 4.69) is 15.6 Å². The molecule has 2 N–H and O–H groups in total. The molecule has 0 saturated heterocycles. The Morgan fingerprint density at radius 3 is 2.42 bits per heavy atom. The number of carbonyl (C=O) groups excluding carboxylic acids is 2. The van der Waals surface area contributed by atoms with Crippen LogP contribution >= 0.6 is 11.6 Å². The highest BCUT2D eigenvalue weighted by atomic mass is 35.5. The van der Waals surface area contributed by atoms with E-state index in [0.717, 1.165) is 12.1 Å². The third kappa shape index (κ3) is 6.72. The van der Waals surface area contributed by atoms with Crippen molar-refractivity contribution >= 4 is 23.6 Å². The Hall–Kier alpha value is -3.66. The SMILES string of the molecule is CCOC(=O)[C@H]1CCC[C@H]1NC(=O)N[C@](Cc1ccccc1)(c1cc(F)cc(C(F)(F)F)c1)c1ccc(Cl)cn1. The quantitative estimate of drug-likeness (QED) is 0.239. The van der Waals surface area contributed by atoms with Gasteiger partial charge in [0, 0.05) is 18.7 Å². The number of benzene rings is 2. The number of alkyl halides is 3. The summed E-state index contributed by atoms with van der Waals surface area (Å²) >= 11 is 6.05. The fraction of sp³-hybridized carbons (Fsp3) is 0.345. The molecule has 1 aliphatic rings. The van der Waals surface area contributed by atoms with Gasteiger partial charge in [-0.2, -0.15) is 13.2 Å². The average molecular weight is 578 g/mol. The first-order valence-corrected chi connectivity index (χ1v) is 13.2. The molecule has 1 aliphatic carbocycles. The highest BCUT2D eigenvalue weighted by molar-refractivity contribution is 6.30. The van der Waals surface area contributed by atoms with Crippen LogP contribution < -0.4 is 10.6 Å². The number of amides is 2. The number of esters is 1. The molecular weight excluding hydrogens is 550 g/mol. The molecule has 0 unspecified atom stereocenters. The lowest BCUT2D eigenvalue weighted by Gasteiger charge is -2.36. The van der Waals surface area contributed by atoms with E-state index in [1.807, 2.05) is 0 Å². The molecule has 0 bridgehead atoms. The van der Waals surface area contributed by atoms with Gasteiger partial charge >= 0.3 is 18.2 Å². The highest BCUT2D eigenvalue weighted by Crippen LogP contribution is 2.38. The Morgan fingerprint density at radius 2 is 1.77 bits per heavy atom. The summed E-state index contributed by atoms with van der Waals surface area (Å²) < 4.78 is 61.3. The summed E-state index contributed by atoms with van der Waals surface area (Å²) in [5, 5.41) is 5.88. The Kier molecular flexibility index (Phi) is 8.98. The molecule has 1 saturated carbocycles. The van der Waals surface area contributed by atoms with Crippen molar-refractivity contribution in [1.82, 2.24) is 15.6 Å². The molecule has 2 aromatic carbocycles. The molecule has 40 heavy (non-hydrogen) atoms. The van der Waals surface area contributed by atoms with Gasteiger partial charge in [-0.25, -0.2) is 9.18 Å². The molecule has 1 fully saturated rings. The lowest BCUT2D eigenvalue weighted by molar-refractivity contribution is -0.148. The van der Waals surface area contributed by atoms with Gasteiger partial charge in [-0.05, 0) is 61.2 Å². The lowest BCUT2D eigenvalue weighted by Crippen LogP contribution is -2.55. The zero-order valence-electron chi connectivity index (χ0n) is 21.6. The van der Waals surface area contributed by atoms with Crippen molar-refractivity contribution in [1.29, 1.82) is 0 Å². The summed E-state index contributed by atoms with van der Waals surface area (Å²) in [6.07, 6.45) is -1.89. The maximum atomic E-state index is 14.8. The largest absolute Gasteiger partial charge is 0.466 e. The van der Waals surface area contributed by atoms with E-state index in [1.165, 1.54) is 18.3 Å². The van der Waals surface area contributed by atoms with E-state index in [1.54, 1.807) is 37.3 Å². The topological polar surface area (TPSA) is 80.3 Å². The number of ether oxygens (including phenoxy) is 1. The molecule has 0 spiro atoms. The number of hydrogen-bond acceptors (Lipinski definition) is 4. The third-order valence-corrected chi connectivity index (χ3v) is 7.17. The molecule has 3 atom stereocenters. The van der Waals surface area contributed by atoms with Crippen molar-refractivity contribution < 1.29 is 31.9 Å². The van der Waals surface area contributed by atoms with Crippen LogP contribution in [0.2, 0.25) is 5.02 Å². The molecule has 2 amide bonds. The number of carbonyl (C=O) groups is 2. The molecule has 0 aliphatic heterocycles. The number of aromatic nitrogens is 1. The summed E-state index contributed by atoms with van der Waals surface area (Å²) in [4.78, 5) is 30.4. The standard InChI is InChI=1S/C29H28ClF4N3O3/c1-2-40-26(38)23-9-6-10-24(23)36-27(39)37-28(16-18-7-4-3-5-8-18,25-12-11-21(30)17-35-25)19-13-20(29(32,33)34)15-22(31)14-19/h3-5,7-8,11-15,17,23-24H,2,6,9-10,16H2,1H3,(H2,36,37,39)/t23-,24+,28+/m0/s1. The maximum absolute atomic E-state index is 14.8. The Morgan fingerprint density at radius 1 is 1.05 bits per heavy atom. The van der Waals surface area contributed by atoms with Crippen LogP contribution in [0.5, 0.6) is 0 Å². The van der Waals surface area contributed by atoms with E-state index in [4.69, 9.17) is 16.3 Å². The summed E-state index contributed by atoms with van der Waals surface area (Å²) in [7, 11) is 0. The third-order valence-electron chi connectivity index (χ3n) is 6.94. The van der Waals surface area contributed by atoms with E-state index in [9.17, 15) is 27.2 Å². The monoisotopic (exact) mass is 577 g/mol. The van der Waals surface area contributed by atoms with E-state index < -0.39 is 47.1 Å². The van der Waals surface area contributed by atoms with Crippen LogP contribution in [0, 0.1) is 11.7 Å². The number of nitrogens with zero attached hydrogens (tertiary/aromatic N) is 1. The van der Waals surface area contributed by atoms with Gasteiger partial charge in [0.1, 0.15) is 11.4 Å². The molecule has 11 heteroatoms. The molecular formula is C29H28ClF4N3O3.